The Hall–Kier alpha value is -2.76. The van der Waals surface area contributed by atoms with Crippen LogP contribution in [0.3, 0.4) is 0 Å². The molecule has 1 aliphatic heterocycles. The number of fused-ring (bicyclic) bond motifs is 1. The molecule has 0 unspecified atom stereocenters. The summed E-state index contributed by atoms with van der Waals surface area (Å²) >= 11 is 0. The van der Waals surface area contributed by atoms with E-state index in [1.807, 2.05) is 18.2 Å². The Morgan fingerprint density at radius 1 is 1.14 bits per heavy atom. The van der Waals surface area contributed by atoms with E-state index in [0.29, 0.717) is 25.5 Å². The van der Waals surface area contributed by atoms with Crippen LogP contribution in [0.5, 0.6) is 11.5 Å². The van der Waals surface area contributed by atoms with Gasteiger partial charge in [0.25, 0.3) is 5.91 Å². The van der Waals surface area contributed by atoms with E-state index < -0.39 is 0 Å². The summed E-state index contributed by atoms with van der Waals surface area (Å²) < 4.78 is 11.2. The van der Waals surface area contributed by atoms with Gasteiger partial charge in [0, 0.05) is 19.0 Å². The second-order valence-corrected chi connectivity index (χ2v) is 4.94. The highest BCUT2D eigenvalue weighted by Crippen LogP contribution is 2.30. The number of rotatable bonds is 3. The summed E-state index contributed by atoms with van der Waals surface area (Å²) in [6.45, 7) is 1.60. The first kappa shape index (κ1) is 14.2. The minimum absolute atomic E-state index is 0.238. The van der Waals surface area contributed by atoms with Crippen LogP contribution in [-0.4, -0.2) is 24.1 Å². The molecule has 0 radical (unpaired) electrons. The van der Waals surface area contributed by atoms with Gasteiger partial charge in [-0.05, 0) is 23.8 Å². The van der Waals surface area contributed by atoms with Crippen molar-refractivity contribution in [3.05, 3.63) is 58.0 Å². The summed E-state index contributed by atoms with van der Waals surface area (Å²) in [6, 6.07) is 10.0. The summed E-state index contributed by atoms with van der Waals surface area (Å²) in [5.74, 6) is 1.09. The number of ether oxygens (including phenoxy) is 2. The Balaban J connectivity index is 1.67. The van der Waals surface area contributed by atoms with Gasteiger partial charge in [0.05, 0.1) is 13.2 Å². The Bertz CT molecular complexity index is 739. The number of hydrogen-bond acceptors (Lipinski definition) is 4. The van der Waals surface area contributed by atoms with Crippen LogP contribution < -0.4 is 20.3 Å². The Morgan fingerprint density at radius 3 is 2.77 bits per heavy atom. The monoisotopic (exact) mass is 300 g/mol. The summed E-state index contributed by atoms with van der Waals surface area (Å²) in [5, 5.41) is 2.76. The molecule has 22 heavy (non-hydrogen) atoms. The first-order valence-corrected chi connectivity index (χ1v) is 7.08. The van der Waals surface area contributed by atoms with Crippen molar-refractivity contribution in [3.63, 3.8) is 0 Å². The Labute approximate surface area is 127 Å². The molecule has 0 bridgehead atoms. The van der Waals surface area contributed by atoms with Crippen molar-refractivity contribution in [3.8, 4) is 11.5 Å². The average Bonchev–Trinajstić information content (AvgIpc) is 2.77. The van der Waals surface area contributed by atoms with Crippen molar-refractivity contribution >= 4 is 5.91 Å². The quantitative estimate of drug-likeness (QED) is 0.899. The molecular weight excluding hydrogens is 284 g/mol. The molecule has 2 aromatic rings. The lowest BCUT2D eigenvalue weighted by molar-refractivity contribution is 0.0945. The summed E-state index contributed by atoms with van der Waals surface area (Å²) in [7, 11) is 0. The molecule has 1 aliphatic rings. The van der Waals surface area contributed by atoms with Gasteiger partial charge in [-0.3, -0.25) is 9.59 Å². The van der Waals surface area contributed by atoms with E-state index in [-0.39, 0.29) is 17.2 Å². The summed E-state index contributed by atoms with van der Waals surface area (Å²) in [4.78, 5) is 25.7. The molecule has 3 rings (SSSR count). The van der Waals surface area contributed by atoms with E-state index in [1.165, 1.54) is 6.07 Å². The predicted octanol–water partition coefficient (Wildman–Crippen LogP) is 1.47. The maximum atomic E-state index is 12.0. The molecule has 1 aromatic heterocycles. The van der Waals surface area contributed by atoms with Crippen molar-refractivity contribution in [1.82, 2.24) is 10.3 Å². The van der Waals surface area contributed by atoms with Crippen molar-refractivity contribution in [2.24, 2.45) is 0 Å². The first-order valence-electron chi connectivity index (χ1n) is 7.08. The fourth-order valence-electron chi connectivity index (χ4n) is 2.18. The fraction of sp³-hybridized carbons (Fsp3) is 0.250. The largest absolute Gasteiger partial charge is 0.490 e. The molecule has 0 atom stereocenters. The van der Waals surface area contributed by atoms with Gasteiger partial charge in [0.2, 0.25) is 5.56 Å². The van der Waals surface area contributed by atoms with E-state index in [9.17, 15) is 9.59 Å². The standard InChI is InChI=1S/C16H16N2O4/c19-15-4-1-3-12(18-15)16(20)17-10-11-5-6-13-14(9-11)22-8-2-7-21-13/h1,3-6,9H,2,7-8,10H2,(H,17,20)(H,18,19). The smallest absolute Gasteiger partial charge is 0.268 e. The number of benzene rings is 1. The Morgan fingerprint density at radius 2 is 1.95 bits per heavy atom. The van der Waals surface area contributed by atoms with Gasteiger partial charge in [-0.15, -0.1) is 0 Å². The van der Waals surface area contributed by atoms with Crippen LogP contribution >= 0.6 is 0 Å². The summed E-state index contributed by atoms with van der Waals surface area (Å²) in [5.41, 5.74) is 0.834. The van der Waals surface area contributed by atoms with E-state index in [2.05, 4.69) is 10.3 Å². The van der Waals surface area contributed by atoms with Gasteiger partial charge in [0.1, 0.15) is 5.69 Å². The number of nitrogens with one attached hydrogen (secondary N) is 2. The lowest BCUT2D eigenvalue weighted by Gasteiger charge is -2.10. The molecule has 2 N–H and O–H groups in total. The predicted molar refractivity (Wildman–Crippen MR) is 80.3 cm³/mol. The SMILES string of the molecule is O=C(NCc1ccc2c(c1)OCCCO2)c1cccc(=O)[nH]1. The van der Waals surface area contributed by atoms with Gasteiger partial charge in [-0.2, -0.15) is 0 Å². The van der Waals surface area contributed by atoms with Crippen molar-refractivity contribution < 1.29 is 14.3 Å². The number of carbonyl (C=O) groups excluding carboxylic acids is 1. The third-order valence-electron chi connectivity index (χ3n) is 3.28. The van der Waals surface area contributed by atoms with E-state index in [1.54, 1.807) is 12.1 Å². The molecule has 2 heterocycles. The van der Waals surface area contributed by atoms with Crippen LogP contribution in [0.1, 0.15) is 22.5 Å². The maximum absolute atomic E-state index is 12.0. The molecule has 114 valence electrons. The minimum Gasteiger partial charge on any atom is -0.490 e. The molecular formula is C16H16N2O4. The highest BCUT2D eigenvalue weighted by atomic mass is 16.5. The topological polar surface area (TPSA) is 80.4 Å². The van der Waals surface area contributed by atoms with Gasteiger partial charge >= 0.3 is 0 Å². The molecule has 6 heteroatoms. The highest BCUT2D eigenvalue weighted by Gasteiger charge is 2.11. The normalized spacial score (nSPS) is 13.3. The van der Waals surface area contributed by atoms with Gasteiger partial charge in [-0.1, -0.05) is 12.1 Å². The number of hydrogen-bond donors (Lipinski definition) is 2. The van der Waals surface area contributed by atoms with Crippen LogP contribution in [-0.2, 0) is 6.54 Å². The minimum atomic E-state index is -0.329. The number of amides is 1. The van der Waals surface area contributed by atoms with Crippen LogP contribution in [0.2, 0.25) is 0 Å². The molecule has 1 amide bonds. The zero-order chi connectivity index (χ0) is 15.4. The lowest BCUT2D eigenvalue weighted by Crippen LogP contribution is -2.25. The number of carbonyl (C=O) groups is 1. The second-order valence-electron chi connectivity index (χ2n) is 4.94. The average molecular weight is 300 g/mol. The number of aromatic amines is 1. The van der Waals surface area contributed by atoms with Gasteiger partial charge in [0.15, 0.2) is 11.5 Å². The lowest BCUT2D eigenvalue weighted by atomic mass is 10.2. The van der Waals surface area contributed by atoms with Crippen molar-refractivity contribution in [2.75, 3.05) is 13.2 Å². The molecule has 0 saturated carbocycles. The summed E-state index contributed by atoms with van der Waals surface area (Å²) in [6.07, 6.45) is 0.849. The van der Waals surface area contributed by atoms with Crippen LogP contribution in [0.4, 0.5) is 0 Å². The highest BCUT2D eigenvalue weighted by molar-refractivity contribution is 5.92. The molecule has 0 fully saturated rings. The van der Waals surface area contributed by atoms with Gasteiger partial charge < -0.3 is 19.8 Å². The van der Waals surface area contributed by atoms with Crippen LogP contribution in [0, 0.1) is 0 Å². The molecule has 0 saturated heterocycles. The van der Waals surface area contributed by atoms with Crippen molar-refractivity contribution in [2.45, 2.75) is 13.0 Å². The zero-order valence-corrected chi connectivity index (χ0v) is 11.9. The number of pyridine rings is 1. The first-order chi connectivity index (χ1) is 10.7. The third kappa shape index (κ3) is 3.28. The molecule has 0 aliphatic carbocycles. The van der Waals surface area contributed by atoms with Crippen LogP contribution in [0.15, 0.2) is 41.2 Å². The number of H-pyrrole nitrogens is 1. The second kappa shape index (κ2) is 6.34. The zero-order valence-electron chi connectivity index (χ0n) is 11.9. The molecule has 6 nitrogen and oxygen atoms in total. The molecule has 0 spiro atoms. The van der Waals surface area contributed by atoms with Gasteiger partial charge in [-0.25, -0.2) is 0 Å². The molecule has 1 aromatic carbocycles. The van der Waals surface area contributed by atoms with E-state index in [0.717, 1.165) is 17.7 Å². The van der Waals surface area contributed by atoms with E-state index >= 15 is 0 Å². The van der Waals surface area contributed by atoms with Crippen molar-refractivity contribution in [1.29, 1.82) is 0 Å². The third-order valence-corrected chi connectivity index (χ3v) is 3.28. The van der Waals surface area contributed by atoms with E-state index in [4.69, 9.17) is 9.47 Å². The number of aromatic nitrogens is 1. The maximum Gasteiger partial charge on any atom is 0.268 e. The fourth-order valence-corrected chi connectivity index (χ4v) is 2.18. The Kier molecular flexibility index (Phi) is 4.09. The van der Waals surface area contributed by atoms with Crippen LogP contribution in [0.25, 0.3) is 0 Å².